The van der Waals surface area contributed by atoms with Crippen LogP contribution in [0.15, 0.2) is 25.3 Å². The summed E-state index contributed by atoms with van der Waals surface area (Å²) in [6.07, 6.45) is 21.4. The lowest BCUT2D eigenvalue weighted by Crippen LogP contribution is -2.28. The molecule has 136 valence electrons. The maximum Gasteiger partial charge on any atom is 0.0575 e. The summed E-state index contributed by atoms with van der Waals surface area (Å²) in [4.78, 5) is 0. The Morgan fingerprint density at radius 3 is 1.58 bits per heavy atom. The largest absolute Gasteiger partial charge is 0.378 e. The van der Waals surface area contributed by atoms with Crippen LogP contribution in [-0.2, 0) is 4.74 Å². The van der Waals surface area contributed by atoms with Gasteiger partial charge >= 0.3 is 0 Å². The summed E-state index contributed by atoms with van der Waals surface area (Å²) in [6, 6.07) is 0. The molecule has 1 heteroatoms. The fourth-order valence-electron chi connectivity index (χ4n) is 5.44. The first-order valence-corrected chi connectivity index (χ1v) is 10.6. The van der Waals surface area contributed by atoms with Crippen LogP contribution in [-0.4, -0.2) is 12.7 Å². The maximum absolute atomic E-state index is 6.28. The van der Waals surface area contributed by atoms with Crippen molar-refractivity contribution in [2.45, 2.75) is 83.2 Å². The van der Waals surface area contributed by atoms with Crippen molar-refractivity contribution >= 4 is 0 Å². The molecule has 3 aliphatic carbocycles. The Kier molecular flexibility index (Phi) is 7.01. The highest BCUT2D eigenvalue weighted by molar-refractivity contribution is 4.88. The van der Waals surface area contributed by atoms with Crippen molar-refractivity contribution in [3.63, 3.8) is 0 Å². The van der Waals surface area contributed by atoms with Crippen molar-refractivity contribution in [3.05, 3.63) is 25.3 Å². The predicted octanol–water partition coefficient (Wildman–Crippen LogP) is 6.55. The van der Waals surface area contributed by atoms with E-state index in [2.05, 4.69) is 25.3 Å². The van der Waals surface area contributed by atoms with E-state index in [0.717, 1.165) is 36.2 Å². The molecular weight excluding hydrogens is 292 g/mol. The molecule has 0 radical (unpaired) electrons. The summed E-state index contributed by atoms with van der Waals surface area (Å²) in [5, 5.41) is 0. The third kappa shape index (κ3) is 4.97. The molecule has 0 atom stereocenters. The molecule has 0 heterocycles. The molecule has 0 aromatic carbocycles. The summed E-state index contributed by atoms with van der Waals surface area (Å²) < 4.78 is 6.28. The lowest BCUT2D eigenvalue weighted by molar-refractivity contribution is -0.00924. The summed E-state index contributed by atoms with van der Waals surface area (Å²) in [5.41, 5.74) is 0. The molecule has 0 N–H and O–H groups in total. The van der Waals surface area contributed by atoms with Gasteiger partial charge < -0.3 is 4.74 Å². The monoisotopic (exact) mass is 330 g/mol. The molecule has 0 saturated heterocycles. The topological polar surface area (TPSA) is 9.23 Å². The Morgan fingerprint density at radius 2 is 1.08 bits per heavy atom. The molecule has 3 saturated carbocycles. The van der Waals surface area contributed by atoms with Gasteiger partial charge in [0, 0.05) is 6.61 Å². The first-order chi connectivity index (χ1) is 11.8. The van der Waals surface area contributed by atoms with E-state index in [4.69, 9.17) is 4.74 Å². The zero-order valence-corrected chi connectivity index (χ0v) is 15.6. The van der Waals surface area contributed by atoms with Crippen molar-refractivity contribution in [1.29, 1.82) is 0 Å². The third-order valence-corrected chi connectivity index (χ3v) is 7.33. The van der Waals surface area contributed by atoms with E-state index in [9.17, 15) is 0 Å². The van der Waals surface area contributed by atoms with E-state index in [1.165, 1.54) is 77.0 Å². The van der Waals surface area contributed by atoms with Crippen molar-refractivity contribution in [2.24, 2.45) is 29.6 Å². The predicted molar refractivity (Wildman–Crippen MR) is 103 cm³/mol. The highest BCUT2D eigenvalue weighted by atomic mass is 16.5. The highest BCUT2D eigenvalue weighted by Crippen LogP contribution is 2.41. The average molecular weight is 331 g/mol. The van der Waals surface area contributed by atoms with Crippen LogP contribution in [0, 0.1) is 29.6 Å². The Hall–Kier alpha value is -0.560. The van der Waals surface area contributed by atoms with E-state index >= 15 is 0 Å². The number of ether oxygens (including phenoxy) is 1. The zero-order valence-electron chi connectivity index (χ0n) is 15.6. The summed E-state index contributed by atoms with van der Waals surface area (Å²) in [7, 11) is 0. The Labute approximate surface area is 149 Å². The van der Waals surface area contributed by atoms with Crippen LogP contribution in [0.4, 0.5) is 0 Å². The van der Waals surface area contributed by atoms with Crippen molar-refractivity contribution in [2.75, 3.05) is 6.61 Å². The first kappa shape index (κ1) is 18.2. The molecular formula is C23H38O. The molecule has 0 aromatic heterocycles. The van der Waals surface area contributed by atoms with E-state index in [1.807, 2.05) is 0 Å². The van der Waals surface area contributed by atoms with Crippen LogP contribution in [0.25, 0.3) is 0 Å². The minimum atomic E-state index is 0.535. The van der Waals surface area contributed by atoms with Crippen molar-refractivity contribution < 1.29 is 4.74 Å². The van der Waals surface area contributed by atoms with Gasteiger partial charge in [0.15, 0.2) is 0 Å². The SMILES string of the molecule is C=CC1CCC(OCC2CCC(C3CCC(C=C)CC3)CC2)CC1. The van der Waals surface area contributed by atoms with Gasteiger partial charge in [0.25, 0.3) is 0 Å². The van der Waals surface area contributed by atoms with Crippen LogP contribution >= 0.6 is 0 Å². The van der Waals surface area contributed by atoms with Gasteiger partial charge in [0.05, 0.1) is 6.10 Å². The second-order valence-corrected chi connectivity index (χ2v) is 8.80. The van der Waals surface area contributed by atoms with Gasteiger partial charge in [-0.25, -0.2) is 0 Å². The molecule has 0 unspecified atom stereocenters. The lowest BCUT2D eigenvalue weighted by atomic mass is 9.69. The van der Waals surface area contributed by atoms with E-state index in [1.54, 1.807) is 0 Å². The third-order valence-electron chi connectivity index (χ3n) is 7.33. The quantitative estimate of drug-likeness (QED) is 0.502. The number of allylic oxidation sites excluding steroid dienone is 2. The van der Waals surface area contributed by atoms with E-state index in [0.29, 0.717) is 6.10 Å². The molecule has 3 rings (SSSR count). The van der Waals surface area contributed by atoms with Crippen LogP contribution in [0.1, 0.15) is 77.0 Å². The maximum atomic E-state index is 6.28. The second-order valence-electron chi connectivity index (χ2n) is 8.80. The second kappa shape index (κ2) is 9.22. The molecule has 1 nitrogen and oxygen atoms in total. The summed E-state index contributed by atoms with van der Waals surface area (Å²) in [5.74, 6) is 4.41. The van der Waals surface area contributed by atoms with Crippen LogP contribution in [0.3, 0.4) is 0 Å². The first-order valence-electron chi connectivity index (χ1n) is 10.6. The number of rotatable bonds is 6. The highest BCUT2D eigenvalue weighted by Gasteiger charge is 2.30. The van der Waals surface area contributed by atoms with Crippen molar-refractivity contribution in [1.82, 2.24) is 0 Å². The molecule has 3 aliphatic rings. The molecule has 24 heavy (non-hydrogen) atoms. The molecule has 0 amide bonds. The Bertz CT molecular complexity index is 377. The fourth-order valence-corrected chi connectivity index (χ4v) is 5.44. The number of hydrogen-bond acceptors (Lipinski definition) is 1. The standard InChI is InChI=1S/C23H38O/c1-3-18-5-11-21(12-6-18)22-13-7-20(8-14-22)17-24-23-15-9-19(4-2)10-16-23/h3-4,18-23H,1-2,5-17H2. The van der Waals surface area contributed by atoms with Crippen LogP contribution < -0.4 is 0 Å². The Balaban J connectivity index is 1.31. The lowest BCUT2D eigenvalue weighted by Gasteiger charge is -2.37. The summed E-state index contributed by atoms with van der Waals surface area (Å²) >= 11 is 0. The van der Waals surface area contributed by atoms with Gasteiger partial charge in [-0.2, -0.15) is 0 Å². The van der Waals surface area contributed by atoms with Gasteiger partial charge in [-0.05, 0) is 107 Å². The van der Waals surface area contributed by atoms with Crippen molar-refractivity contribution in [3.8, 4) is 0 Å². The van der Waals surface area contributed by atoms with Gasteiger partial charge in [-0.1, -0.05) is 12.2 Å². The summed E-state index contributed by atoms with van der Waals surface area (Å²) in [6.45, 7) is 8.95. The molecule has 0 bridgehead atoms. The smallest absolute Gasteiger partial charge is 0.0575 e. The number of hydrogen-bond donors (Lipinski definition) is 0. The van der Waals surface area contributed by atoms with Gasteiger partial charge in [0.2, 0.25) is 0 Å². The van der Waals surface area contributed by atoms with Gasteiger partial charge in [-0.3, -0.25) is 0 Å². The van der Waals surface area contributed by atoms with E-state index in [-0.39, 0.29) is 0 Å². The molecule has 0 spiro atoms. The minimum Gasteiger partial charge on any atom is -0.378 e. The minimum absolute atomic E-state index is 0.535. The van der Waals surface area contributed by atoms with Gasteiger partial charge in [0.1, 0.15) is 0 Å². The molecule has 3 fully saturated rings. The average Bonchev–Trinajstić information content (AvgIpc) is 2.67. The van der Waals surface area contributed by atoms with E-state index < -0.39 is 0 Å². The van der Waals surface area contributed by atoms with Gasteiger partial charge in [-0.15, -0.1) is 13.2 Å². The zero-order chi connectivity index (χ0) is 16.8. The molecule has 0 aromatic rings. The van der Waals surface area contributed by atoms with Crippen LogP contribution in [0.2, 0.25) is 0 Å². The fraction of sp³-hybridized carbons (Fsp3) is 0.826. The molecule has 0 aliphatic heterocycles. The Morgan fingerprint density at radius 1 is 0.625 bits per heavy atom. The van der Waals surface area contributed by atoms with Crippen LogP contribution in [0.5, 0.6) is 0 Å². The normalized spacial score (nSPS) is 40.8.